The maximum atomic E-state index is 12.1. The largest absolute Gasteiger partial charge is 0.435 e. The van der Waals surface area contributed by atoms with E-state index in [-0.39, 0.29) is 30.5 Å². The van der Waals surface area contributed by atoms with Gasteiger partial charge in [0.1, 0.15) is 5.75 Å². The second-order valence-electron chi connectivity index (χ2n) is 5.29. The number of halogens is 2. The zero-order valence-corrected chi connectivity index (χ0v) is 14.4. The van der Waals surface area contributed by atoms with Gasteiger partial charge in [-0.2, -0.15) is 20.1 Å². The summed E-state index contributed by atoms with van der Waals surface area (Å²) in [5.41, 5.74) is 1.37. The molecule has 0 saturated heterocycles. The van der Waals surface area contributed by atoms with Gasteiger partial charge in [-0.25, -0.2) is 0 Å². The highest BCUT2D eigenvalue weighted by Gasteiger charge is 2.11. The normalized spacial score (nSPS) is 10.6. The van der Waals surface area contributed by atoms with E-state index in [9.17, 15) is 18.4 Å². The van der Waals surface area contributed by atoms with Gasteiger partial charge in [-0.1, -0.05) is 12.1 Å². The second kappa shape index (κ2) is 9.12. The molecule has 0 aliphatic rings. The van der Waals surface area contributed by atoms with Crippen molar-refractivity contribution in [2.24, 2.45) is 0 Å². The molecule has 0 spiro atoms. The first kappa shape index (κ1) is 18.9. The van der Waals surface area contributed by atoms with Gasteiger partial charge in [-0.3, -0.25) is 9.59 Å². The van der Waals surface area contributed by atoms with Crippen LogP contribution in [0.25, 0.3) is 0 Å². The minimum atomic E-state index is -2.86. The smallest absolute Gasteiger partial charge is 0.387 e. The Labute approximate surface area is 148 Å². The molecular formula is C17H18F2N2O3S. The van der Waals surface area contributed by atoms with Crippen molar-refractivity contribution < 1.29 is 23.1 Å². The molecule has 0 aliphatic heterocycles. The molecule has 0 saturated carbocycles. The zero-order chi connectivity index (χ0) is 18.2. The fourth-order valence-corrected chi connectivity index (χ4v) is 2.74. The Balaban J connectivity index is 1.75. The molecule has 0 atom stereocenters. The van der Waals surface area contributed by atoms with Crippen LogP contribution in [-0.2, 0) is 11.3 Å². The maximum absolute atomic E-state index is 12.1. The third kappa shape index (κ3) is 6.15. The molecule has 8 heteroatoms. The fraction of sp³-hybridized carbons (Fsp3) is 0.294. The number of amides is 2. The van der Waals surface area contributed by atoms with E-state index in [0.717, 1.165) is 5.56 Å². The molecular weight excluding hydrogens is 350 g/mol. The molecule has 5 nitrogen and oxygen atoms in total. The van der Waals surface area contributed by atoms with E-state index in [2.05, 4.69) is 10.1 Å². The fourth-order valence-electron chi connectivity index (χ4n) is 2.11. The maximum Gasteiger partial charge on any atom is 0.387 e. The minimum Gasteiger partial charge on any atom is -0.435 e. The van der Waals surface area contributed by atoms with Gasteiger partial charge in [-0.15, -0.1) is 0 Å². The molecule has 134 valence electrons. The van der Waals surface area contributed by atoms with E-state index in [0.29, 0.717) is 12.1 Å². The number of nitrogens with one attached hydrogen (secondary N) is 1. The van der Waals surface area contributed by atoms with Gasteiger partial charge in [0.05, 0.1) is 0 Å². The topological polar surface area (TPSA) is 58.6 Å². The molecule has 0 radical (unpaired) electrons. The Morgan fingerprint density at radius 3 is 2.56 bits per heavy atom. The van der Waals surface area contributed by atoms with Crippen LogP contribution in [0.2, 0.25) is 0 Å². The predicted octanol–water partition coefficient (Wildman–Crippen LogP) is 3.13. The molecule has 0 bridgehead atoms. The quantitative estimate of drug-likeness (QED) is 0.779. The lowest BCUT2D eigenvalue weighted by atomic mass is 10.2. The van der Waals surface area contributed by atoms with Crippen molar-refractivity contribution in [2.75, 3.05) is 13.6 Å². The van der Waals surface area contributed by atoms with Crippen LogP contribution < -0.4 is 10.1 Å². The SMILES string of the molecule is CN(Cc1ccc(OC(F)F)cc1)C(=O)CCNC(=O)c1ccsc1. The van der Waals surface area contributed by atoms with Crippen molar-refractivity contribution in [2.45, 2.75) is 19.6 Å². The first-order valence-corrected chi connectivity index (χ1v) is 8.48. The average Bonchev–Trinajstić information content (AvgIpc) is 3.10. The van der Waals surface area contributed by atoms with Crippen LogP contribution in [-0.4, -0.2) is 36.9 Å². The lowest BCUT2D eigenvalue weighted by Crippen LogP contribution is -2.31. The number of benzene rings is 1. The van der Waals surface area contributed by atoms with Gasteiger partial charge >= 0.3 is 6.61 Å². The molecule has 2 rings (SSSR count). The average molecular weight is 368 g/mol. The lowest BCUT2D eigenvalue weighted by molar-refractivity contribution is -0.130. The van der Waals surface area contributed by atoms with Crippen molar-refractivity contribution in [1.29, 1.82) is 0 Å². The van der Waals surface area contributed by atoms with Gasteiger partial charge in [0, 0.05) is 37.5 Å². The van der Waals surface area contributed by atoms with Crippen LogP contribution in [0, 0.1) is 0 Å². The van der Waals surface area contributed by atoms with E-state index in [1.165, 1.54) is 28.4 Å². The summed E-state index contributed by atoms with van der Waals surface area (Å²) >= 11 is 1.43. The van der Waals surface area contributed by atoms with Crippen LogP contribution in [0.3, 0.4) is 0 Å². The molecule has 0 fully saturated rings. The molecule has 2 amide bonds. The van der Waals surface area contributed by atoms with Crippen LogP contribution in [0.1, 0.15) is 22.3 Å². The van der Waals surface area contributed by atoms with Crippen molar-refractivity contribution in [1.82, 2.24) is 10.2 Å². The van der Waals surface area contributed by atoms with Gasteiger partial charge in [0.15, 0.2) is 0 Å². The number of hydrogen-bond acceptors (Lipinski definition) is 4. The van der Waals surface area contributed by atoms with Crippen molar-refractivity contribution in [3.8, 4) is 5.75 Å². The summed E-state index contributed by atoms with van der Waals surface area (Å²) < 4.78 is 28.5. The summed E-state index contributed by atoms with van der Waals surface area (Å²) in [4.78, 5) is 25.4. The van der Waals surface area contributed by atoms with E-state index in [1.54, 1.807) is 30.6 Å². The van der Waals surface area contributed by atoms with E-state index in [4.69, 9.17) is 0 Å². The number of hydrogen-bond donors (Lipinski definition) is 1. The monoisotopic (exact) mass is 368 g/mol. The van der Waals surface area contributed by atoms with Gasteiger partial charge < -0.3 is 15.0 Å². The van der Waals surface area contributed by atoms with Crippen LogP contribution in [0.5, 0.6) is 5.75 Å². The number of carbonyl (C=O) groups excluding carboxylic acids is 2. The number of alkyl halides is 2. The predicted molar refractivity (Wildman–Crippen MR) is 90.8 cm³/mol. The Morgan fingerprint density at radius 2 is 1.96 bits per heavy atom. The Bertz CT molecular complexity index is 690. The number of carbonyl (C=O) groups is 2. The highest BCUT2D eigenvalue weighted by Crippen LogP contribution is 2.16. The van der Waals surface area contributed by atoms with E-state index >= 15 is 0 Å². The molecule has 0 aliphatic carbocycles. The third-order valence-electron chi connectivity index (χ3n) is 3.40. The van der Waals surface area contributed by atoms with Crippen molar-refractivity contribution >= 4 is 23.2 Å². The molecule has 1 aromatic heterocycles. The Morgan fingerprint density at radius 1 is 1.24 bits per heavy atom. The van der Waals surface area contributed by atoms with E-state index < -0.39 is 6.61 Å². The number of thiophene rings is 1. The first-order valence-electron chi connectivity index (χ1n) is 7.54. The Kier molecular flexibility index (Phi) is 6.88. The highest BCUT2D eigenvalue weighted by atomic mass is 32.1. The zero-order valence-electron chi connectivity index (χ0n) is 13.6. The molecule has 1 heterocycles. The molecule has 25 heavy (non-hydrogen) atoms. The number of nitrogens with zero attached hydrogens (tertiary/aromatic N) is 1. The summed E-state index contributed by atoms with van der Waals surface area (Å²) in [6.07, 6.45) is 0.180. The van der Waals surface area contributed by atoms with E-state index in [1.807, 2.05) is 5.38 Å². The molecule has 0 unspecified atom stereocenters. The third-order valence-corrected chi connectivity index (χ3v) is 4.09. The summed E-state index contributed by atoms with van der Waals surface area (Å²) in [7, 11) is 1.65. The van der Waals surface area contributed by atoms with Crippen LogP contribution in [0.15, 0.2) is 41.1 Å². The highest BCUT2D eigenvalue weighted by molar-refractivity contribution is 7.08. The number of rotatable bonds is 8. The van der Waals surface area contributed by atoms with Crippen LogP contribution >= 0.6 is 11.3 Å². The van der Waals surface area contributed by atoms with Gasteiger partial charge in [0.2, 0.25) is 5.91 Å². The van der Waals surface area contributed by atoms with Crippen LogP contribution in [0.4, 0.5) is 8.78 Å². The second-order valence-corrected chi connectivity index (χ2v) is 6.07. The van der Waals surface area contributed by atoms with Gasteiger partial charge in [0.25, 0.3) is 5.91 Å². The minimum absolute atomic E-state index is 0.0730. The summed E-state index contributed by atoms with van der Waals surface area (Å²) in [5, 5.41) is 6.24. The summed E-state index contributed by atoms with van der Waals surface area (Å²) in [6, 6.07) is 7.83. The lowest BCUT2D eigenvalue weighted by Gasteiger charge is -2.17. The van der Waals surface area contributed by atoms with Crippen molar-refractivity contribution in [3.63, 3.8) is 0 Å². The van der Waals surface area contributed by atoms with Crippen molar-refractivity contribution in [3.05, 3.63) is 52.2 Å². The van der Waals surface area contributed by atoms with Gasteiger partial charge in [-0.05, 0) is 29.1 Å². The summed E-state index contributed by atoms with van der Waals surface area (Å²) in [5.74, 6) is -0.256. The molecule has 1 aromatic carbocycles. The Hall–Kier alpha value is -2.48. The molecule has 2 aromatic rings. The standard InChI is InChI=1S/C17H18F2N2O3S/c1-21(10-12-2-4-14(5-3-12)24-17(18)19)15(22)6-8-20-16(23)13-7-9-25-11-13/h2-5,7,9,11,17H,6,8,10H2,1H3,(H,20,23). The first-order chi connectivity index (χ1) is 12.0. The molecule has 1 N–H and O–H groups in total. The summed E-state index contributed by atoms with van der Waals surface area (Å²) in [6.45, 7) is -2.27. The number of ether oxygens (including phenoxy) is 1.